The fourth-order valence-corrected chi connectivity index (χ4v) is 2.54. The van der Waals surface area contributed by atoms with Crippen LogP contribution in [0.4, 0.5) is 0 Å². The average molecular weight is 262 g/mol. The van der Waals surface area contributed by atoms with Gasteiger partial charge in [0.2, 0.25) is 10.0 Å². The van der Waals surface area contributed by atoms with Gasteiger partial charge in [-0.05, 0) is 26.3 Å². The normalized spacial score (nSPS) is 16.9. The van der Waals surface area contributed by atoms with Gasteiger partial charge in [-0.15, -0.1) is 0 Å². The number of hydrogen-bond donors (Lipinski definition) is 2. The van der Waals surface area contributed by atoms with Crippen molar-refractivity contribution in [2.24, 2.45) is 0 Å². The predicted octanol–water partition coefficient (Wildman–Crippen LogP) is 0.252. The summed E-state index contributed by atoms with van der Waals surface area (Å²) in [5, 5.41) is 3.22. The van der Waals surface area contributed by atoms with Crippen LogP contribution in [0.3, 0.4) is 0 Å². The van der Waals surface area contributed by atoms with Gasteiger partial charge in [0.1, 0.15) is 0 Å². The molecule has 6 heteroatoms. The molecular formula is C11H22N2O3S. The summed E-state index contributed by atoms with van der Waals surface area (Å²) >= 11 is 0. The van der Waals surface area contributed by atoms with E-state index >= 15 is 0 Å². The van der Waals surface area contributed by atoms with Crippen molar-refractivity contribution in [3.05, 3.63) is 11.6 Å². The zero-order chi connectivity index (χ0) is 12.6. The molecule has 5 nitrogen and oxygen atoms in total. The molecule has 1 rings (SSSR count). The van der Waals surface area contributed by atoms with E-state index in [-0.39, 0.29) is 12.4 Å². The molecule has 0 atom stereocenters. The molecule has 0 bridgehead atoms. The van der Waals surface area contributed by atoms with Crippen molar-refractivity contribution >= 4 is 10.0 Å². The largest absolute Gasteiger partial charge is 0.381 e. The van der Waals surface area contributed by atoms with E-state index in [9.17, 15) is 8.42 Å². The second-order valence-corrected chi connectivity index (χ2v) is 5.90. The quantitative estimate of drug-likeness (QED) is 0.486. The fourth-order valence-electron chi connectivity index (χ4n) is 1.65. The van der Waals surface area contributed by atoms with Crippen LogP contribution in [0.5, 0.6) is 0 Å². The summed E-state index contributed by atoms with van der Waals surface area (Å²) in [5.74, 6) is 0.0431. The standard InChI is InChI=1S/C11H22N2O3S/c1-2-16-9-10-17(14,15)13-8-5-11-3-6-12-7-4-11/h3,12-13H,2,4-10H2,1H3. The predicted molar refractivity (Wildman–Crippen MR) is 68.5 cm³/mol. The molecule has 0 unspecified atom stereocenters. The van der Waals surface area contributed by atoms with E-state index < -0.39 is 10.0 Å². The molecule has 2 N–H and O–H groups in total. The smallest absolute Gasteiger partial charge is 0.213 e. The third-order valence-electron chi connectivity index (χ3n) is 2.63. The minimum absolute atomic E-state index is 0.0431. The van der Waals surface area contributed by atoms with E-state index in [0.717, 1.165) is 25.9 Å². The van der Waals surface area contributed by atoms with Gasteiger partial charge in [-0.25, -0.2) is 13.1 Å². The first-order valence-electron chi connectivity index (χ1n) is 6.08. The lowest BCUT2D eigenvalue weighted by Crippen LogP contribution is -2.30. The Morgan fingerprint density at radius 3 is 3.00 bits per heavy atom. The second kappa shape index (κ2) is 7.81. The number of hydrogen-bond acceptors (Lipinski definition) is 4. The minimum atomic E-state index is -3.17. The molecule has 0 fully saturated rings. The molecule has 0 aromatic heterocycles. The molecule has 1 heterocycles. The lowest BCUT2D eigenvalue weighted by Gasteiger charge is -2.14. The van der Waals surface area contributed by atoms with Crippen LogP contribution in [0.25, 0.3) is 0 Å². The molecule has 1 aliphatic heterocycles. The Bertz CT molecular complexity index is 339. The summed E-state index contributed by atoms with van der Waals surface area (Å²) in [7, 11) is -3.17. The Morgan fingerprint density at radius 1 is 1.53 bits per heavy atom. The molecule has 1 aliphatic rings. The van der Waals surface area contributed by atoms with Gasteiger partial charge in [0.15, 0.2) is 0 Å². The van der Waals surface area contributed by atoms with Crippen molar-refractivity contribution in [1.82, 2.24) is 10.0 Å². The first kappa shape index (κ1) is 14.6. The number of nitrogens with one attached hydrogen (secondary N) is 2. The monoisotopic (exact) mass is 262 g/mol. The Hall–Kier alpha value is -0.430. The molecule has 0 saturated heterocycles. The van der Waals surface area contributed by atoms with Crippen molar-refractivity contribution in [1.29, 1.82) is 0 Å². The maximum atomic E-state index is 11.5. The van der Waals surface area contributed by atoms with Crippen molar-refractivity contribution in [2.75, 3.05) is 38.6 Å². The van der Waals surface area contributed by atoms with Crippen molar-refractivity contribution in [3.8, 4) is 0 Å². The number of ether oxygens (including phenoxy) is 1. The van der Waals surface area contributed by atoms with Crippen LogP contribution in [0.15, 0.2) is 11.6 Å². The first-order chi connectivity index (χ1) is 8.14. The topological polar surface area (TPSA) is 67.4 Å². The van der Waals surface area contributed by atoms with Crippen LogP contribution in [0, 0.1) is 0 Å². The van der Waals surface area contributed by atoms with Crippen molar-refractivity contribution in [2.45, 2.75) is 19.8 Å². The first-order valence-corrected chi connectivity index (χ1v) is 7.73. The van der Waals surface area contributed by atoms with E-state index in [1.807, 2.05) is 6.92 Å². The maximum absolute atomic E-state index is 11.5. The lowest BCUT2D eigenvalue weighted by molar-refractivity contribution is 0.163. The molecule has 0 radical (unpaired) electrons. The highest BCUT2D eigenvalue weighted by Crippen LogP contribution is 2.08. The number of sulfonamides is 1. The van der Waals surface area contributed by atoms with Crippen LogP contribution in [0.2, 0.25) is 0 Å². The molecule has 0 aliphatic carbocycles. The second-order valence-electron chi connectivity index (χ2n) is 3.98. The fraction of sp³-hybridized carbons (Fsp3) is 0.818. The zero-order valence-electron chi connectivity index (χ0n) is 10.4. The van der Waals surface area contributed by atoms with Crippen molar-refractivity contribution in [3.63, 3.8) is 0 Å². The summed E-state index contributed by atoms with van der Waals surface area (Å²) in [6.07, 6.45) is 3.95. The summed E-state index contributed by atoms with van der Waals surface area (Å²) in [5.41, 5.74) is 1.33. The molecule has 0 amide bonds. The summed E-state index contributed by atoms with van der Waals surface area (Å²) < 4.78 is 30.7. The highest BCUT2D eigenvalue weighted by atomic mass is 32.2. The minimum Gasteiger partial charge on any atom is -0.381 e. The van der Waals surface area contributed by atoms with Gasteiger partial charge in [-0.3, -0.25) is 0 Å². The van der Waals surface area contributed by atoms with Gasteiger partial charge >= 0.3 is 0 Å². The van der Waals surface area contributed by atoms with E-state index in [2.05, 4.69) is 16.1 Å². The van der Waals surface area contributed by atoms with E-state index in [0.29, 0.717) is 13.2 Å². The summed E-state index contributed by atoms with van der Waals surface area (Å²) in [4.78, 5) is 0. The summed E-state index contributed by atoms with van der Waals surface area (Å²) in [6, 6.07) is 0. The maximum Gasteiger partial charge on any atom is 0.213 e. The van der Waals surface area contributed by atoms with Gasteiger partial charge in [0.05, 0.1) is 12.4 Å². The van der Waals surface area contributed by atoms with E-state index in [4.69, 9.17) is 4.74 Å². The van der Waals surface area contributed by atoms with Crippen LogP contribution < -0.4 is 10.0 Å². The molecule has 0 aromatic carbocycles. The SMILES string of the molecule is CCOCCS(=O)(=O)NCCC1=CCNCC1. The van der Waals surface area contributed by atoms with E-state index in [1.165, 1.54) is 5.57 Å². The third-order valence-corrected chi connectivity index (χ3v) is 3.97. The van der Waals surface area contributed by atoms with Gasteiger partial charge in [0.25, 0.3) is 0 Å². The average Bonchev–Trinajstić information content (AvgIpc) is 2.30. The Morgan fingerprint density at radius 2 is 2.35 bits per heavy atom. The van der Waals surface area contributed by atoms with Crippen LogP contribution in [0.1, 0.15) is 19.8 Å². The molecular weight excluding hydrogens is 240 g/mol. The highest BCUT2D eigenvalue weighted by Gasteiger charge is 2.10. The summed E-state index contributed by atoms with van der Waals surface area (Å²) in [6.45, 7) is 5.03. The molecule has 0 spiro atoms. The van der Waals surface area contributed by atoms with Gasteiger partial charge < -0.3 is 10.1 Å². The van der Waals surface area contributed by atoms with Crippen LogP contribution in [-0.4, -0.2) is 47.0 Å². The molecule has 0 saturated carbocycles. The molecule has 0 aromatic rings. The van der Waals surface area contributed by atoms with Gasteiger partial charge in [-0.2, -0.15) is 0 Å². The van der Waals surface area contributed by atoms with E-state index in [1.54, 1.807) is 0 Å². The highest BCUT2D eigenvalue weighted by molar-refractivity contribution is 7.89. The Balaban J connectivity index is 2.18. The number of rotatable bonds is 8. The molecule has 17 heavy (non-hydrogen) atoms. The van der Waals surface area contributed by atoms with Crippen molar-refractivity contribution < 1.29 is 13.2 Å². The Kier molecular flexibility index (Phi) is 6.72. The molecule has 100 valence electrons. The van der Waals surface area contributed by atoms with Crippen LogP contribution in [-0.2, 0) is 14.8 Å². The lowest BCUT2D eigenvalue weighted by atomic mass is 10.1. The van der Waals surface area contributed by atoms with Gasteiger partial charge in [0, 0.05) is 19.7 Å². The third kappa shape index (κ3) is 6.78. The Labute approximate surface area is 104 Å². The van der Waals surface area contributed by atoms with Crippen LogP contribution >= 0.6 is 0 Å². The van der Waals surface area contributed by atoms with Gasteiger partial charge in [-0.1, -0.05) is 11.6 Å². The zero-order valence-corrected chi connectivity index (χ0v) is 11.2.